The van der Waals surface area contributed by atoms with E-state index in [1.807, 2.05) is 42.2 Å². The third-order valence-electron chi connectivity index (χ3n) is 5.76. The van der Waals surface area contributed by atoms with E-state index in [4.69, 9.17) is 0 Å². The number of carbonyl (C=O) groups is 1. The Kier molecular flexibility index (Phi) is 5.69. The van der Waals surface area contributed by atoms with E-state index in [1.54, 1.807) is 43.4 Å². The van der Waals surface area contributed by atoms with E-state index in [9.17, 15) is 13.2 Å². The van der Waals surface area contributed by atoms with Gasteiger partial charge in [0.05, 0.1) is 4.90 Å². The van der Waals surface area contributed by atoms with Crippen LogP contribution in [0.1, 0.15) is 34.0 Å². The minimum Gasteiger partial charge on any atom is -0.305 e. The lowest BCUT2D eigenvalue weighted by Crippen LogP contribution is -2.35. The Hall–Kier alpha value is -2.96. The summed E-state index contributed by atoms with van der Waals surface area (Å²) < 4.78 is 27.0. The van der Waals surface area contributed by atoms with Gasteiger partial charge in [-0.3, -0.25) is 4.79 Å². The zero-order chi connectivity index (χ0) is 22.2. The van der Waals surface area contributed by atoms with E-state index >= 15 is 0 Å². The van der Waals surface area contributed by atoms with Crippen LogP contribution in [0.3, 0.4) is 0 Å². The van der Waals surface area contributed by atoms with Gasteiger partial charge in [0.1, 0.15) is 0 Å². The monoisotopic (exact) mass is 434 g/mol. The first-order chi connectivity index (χ1) is 14.8. The second-order valence-electron chi connectivity index (χ2n) is 8.13. The van der Waals surface area contributed by atoms with Crippen LogP contribution in [0.2, 0.25) is 0 Å². The molecule has 1 aliphatic heterocycles. The number of carbonyl (C=O) groups excluding carboxylic acids is 1. The molecule has 6 heteroatoms. The van der Waals surface area contributed by atoms with Crippen LogP contribution < -0.4 is 4.90 Å². The van der Waals surface area contributed by atoms with Crippen LogP contribution in [0, 0.1) is 6.92 Å². The number of hydrogen-bond donors (Lipinski definition) is 0. The zero-order valence-corrected chi connectivity index (χ0v) is 18.8. The summed E-state index contributed by atoms with van der Waals surface area (Å²) in [7, 11) is -2.01. The van der Waals surface area contributed by atoms with Crippen molar-refractivity contribution in [2.45, 2.75) is 37.8 Å². The van der Waals surface area contributed by atoms with Gasteiger partial charge >= 0.3 is 0 Å². The van der Waals surface area contributed by atoms with E-state index < -0.39 is 10.0 Å². The van der Waals surface area contributed by atoms with Gasteiger partial charge in [-0.25, -0.2) is 8.42 Å². The minimum absolute atomic E-state index is 0.0374. The fourth-order valence-corrected chi connectivity index (χ4v) is 5.16. The molecule has 3 aromatic rings. The van der Waals surface area contributed by atoms with Crippen molar-refractivity contribution >= 4 is 21.6 Å². The Labute approximate surface area is 184 Å². The second-order valence-corrected chi connectivity index (χ2v) is 10.2. The van der Waals surface area contributed by atoms with E-state index in [2.05, 4.69) is 13.0 Å². The molecule has 4 rings (SSSR count). The number of aryl methyl sites for hydroxylation is 1. The summed E-state index contributed by atoms with van der Waals surface area (Å²) in [5.41, 5.74) is 4.58. The van der Waals surface area contributed by atoms with Crippen LogP contribution in [0.15, 0.2) is 77.7 Å². The van der Waals surface area contributed by atoms with E-state index in [0.717, 1.165) is 23.2 Å². The Morgan fingerprint density at radius 3 is 2.32 bits per heavy atom. The zero-order valence-electron chi connectivity index (χ0n) is 17.9. The topological polar surface area (TPSA) is 57.7 Å². The summed E-state index contributed by atoms with van der Waals surface area (Å²) in [6, 6.07) is 22.1. The van der Waals surface area contributed by atoms with Crippen LogP contribution in [0.4, 0.5) is 5.69 Å². The van der Waals surface area contributed by atoms with Crippen molar-refractivity contribution in [1.82, 2.24) is 4.31 Å². The van der Waals surface area contributed by atoms with E-state index in [1.165, 1.54) is 9.87 Å². The number of nitrogens with zero attached hydrogens (tertiary/aromatic N) is 2. The first-order valence-electron chi connectivity index (χ1n) is 10.3. The molecule has 0 unspecified atom stereocenters. The summed E-state index contributed by atoms with van der Waals surface area (Å²) in [4.78, 5) is 15.3. The number of para-hydroxylation sites is 1. The normalized spacial score (nSPS) is 15.9. The molecule has 0 saturated heterocycles. The molecule has 1 atom stereocenters. The third-order valence-corrected chi connectivity index (χ3v) is 7.58. The molecule has 1 aliphatic rings. The van der Waals surface area contributed by atoms with Gasteiger partial charge in [0, 0.05) is 30.9 Å². The lowest BCUT2D eigenvalue weighted by molar-refractivity contribution is 0.0981. The van der Waals surface area contributed by atoms with Crippen LogP contribution in [-0.2, 0) is 23.0 Å². The van der Waals surface area contributed by atoms with E-state index in [-0.39, 0.29) is 23.4 Å². The average molecular weight is 435 g/mol. The van der Waals surface area contributed by atoms with Gasteiger partial charge in [0.25, 0.3) is 5.91 Å². The molecule has 0 aromatic heterocycles. The molecule has 3 aromatic carbocycles. The Balaban J connectivity index is 1.50. The molecule has 0 N–H and O–H groups in total. The molecule has 1 amide bonds. The Morgan fingerprint density at radius 1 is 1.00 bits per heavy atom. The molecule has 0 saturated carbocycles. The quantitative estimate of drug-likeness (QED) is 0.598. The SMILES string of the molecule is Cc1ccc(S(=O)(=O)N(C)Cc2ccc(C(=O)N3c4ccccc4C[C@@H]3C)cc2)cc1. The number of sulfonamides is 1. The number of anilines is 1. The Morgan fingerprint density at radius 2 is 1.65 bits per heavy atom. The maximum atomic E-state index is 13.1. The fraction of sp³-hybridized carbons (Fsp3) is 0.240. The van der Waals surface area contributed by atoms with Gasteiger partial charge in [0.15, 0.2) is 0 Å². The summed E-state index contributed by atoms with van der Waals surface area (Å²) >= 11 is 0. The number of benzene rings is 3. The van der Waals surface area contributed by atoms with Gasteiger partial charge in [-0.2, -0.15) is 4.31 Å². The summed E-state index contributed by atoms with van der Waals surface area (Å²) in [5, 5.41) is 0. The first-order valence-corrected chi connectivity index (χ1v) is 11.7. The molecule has 0 radical (unpaired) electrons. The summed E-state index contributed by atoms with van der Waals surface area (Å²) in [5.74, 6) is -0.0374. The lowest BCUT2D eigenvalue weighted by Gasteiger charge is -2.23. The highest BCUT2D eigenvalue weighted by Crippen LogP contribution is 2.33. The van der Waals surface area contributed by atoms with Crippen molar-refractivity contribution in [2.24, 2.45) is 0 Å². The van der Waals surface area contributed by atoms with Crippen LogP contribution in [0.25, 0.3) is 0 Å². The molecule has 31 heavy (non-hydrogen) atoms. The van der Waals surface area contributed by atoms with E-state index in [0.29, 0.717) is 5.56 Å². The van der Waals surface area contributed by atoms with Gasteiger partial charge in [-0.05, 0) is 61.7 Å². The first kappa shape index (κ1) is 21.3. The van der Waals surface area contributed by atoms with Gasteiger partial charge in [-0.15, -0.1) is 0 Å². The maximum absolute atomic E-state index is 13.1. The predicted molar refractivity (Wildman–Crippen MR) is 123 cm³/mol. The van der Waals surface area contributed by atoms with Crippen molar-refractivity contribution in [1.29, 1.82) is 0 Å². The van der Waals surface area contributed by atoms with Crippen molar-refractivity contribution in [2.75, 3.05) is 11.9 Å². The van der Waals surface area contributed by atoms with Crippen LogP contribution in [-0.4, -0.2) is 31.7 Å². The summed E-state index contributed by atoms with van der Waals surface area (Å²) in [6.45, 7) is 4.20. The van der Waals surface area contributed by atoms with Gasteiger partial charge < -0.3 is 4.90 Å². The average Bonchev–Trinajstić information content (AvgIpc) is 3.09. The molecule has 0 bridgehead atoms. The highest BCUT2D eigenvalue weighted by atomic mass is 32.2. The number of hydrogen-bond acceptors (Lipinski definition) is 3. The molecular formula is C25H26N2O3S. The number of rotatable bonds is 5. The summed E-state index contributed by atoms with van der Waals surface area (Å²) in [6.07, 6.45) is 0.849. The molecule has 160 valence electrons. The largest absolute Gasteiger partial charge is 0.305 e. The second kappa shape index (κ2) is 8.29. The lowest BCUT2D eigenvalue weighted by atomic mass is 10.1. The van der Waals surface area contributed by atoms with Crippen LogP contribution >= 0.6 is 0 Å². The van der Waals surface area contributed by atoms with Crippen molar-refractivity contribution < 1.29 is 13.2 Å². The maximum Gasteiger partial charge on any atom is 0.258 e. The molecule has 0 aliphatic carbocycles. The van der Waals surface area contributed by atoms with Gasteiger partial charge in [-0.1, -0.05) is 48.0 Å². The van der Waals surface area contributed by atoms with Crippen LogP contribution in [0.5, 0.6) is 0 Å². The van der Waals surface area contributed by atoms with Gasteiger partial charge in [0.2, 0.25) is 10.0 Å². The highest BCUT2D eigenvalue weighted by molar-refractivity contribution is 7.89. The Bertz CT molecular complexity index is 1200. The molecule has 0 spiro atoms. The smallest absolute Gasteiger partial charge is 0.258 e. The third kappa shape index (κ3) is 4.13. The molecular weight excluding hydrogens is 408 g/mol. The number of amides is 1. The van der Waals surface area contributed by atoms with Crippen molar-refractivity contribution in [3.63, 3.8) is 0 Å². The fourth-order valence-electron chi connectivity index (χ4n) is 4.00. The predicted octanol–water partition coefficient (Wildman–Crippen LogP) is 4.41. The molecule has 1 heterocycles. The van der Waals surface area contributed by atoms with Crippen molar-refractivity contribution in [3.05, 3.63) is 95.1 Å². The van der Waals surface area contributed by atoms with Crippen molar-refractivity contribution in [3.8, 4) is 0 Å². The molecule has 0 fully saturated rings. The number of fused-ring (bicyclic) bond motifs is 1. The molecule has 5 nitrogen and oxygen atoms in total. The highest BCUT2D eigenvalue weighted by Gasteiger charge is 2.31. The standard InChI is InChI=1S/C25H26N2O3S/c1-18-8-14-23(15-9-18)31(29,30)26(3)17-20-10-12-21(13-11-20)25(28)27-19(2)16-22-6-4-5-7-24(22)27/h4-15,19H,16-17H2,1-3H3/t19-/m0/s1. The minimum atomic E-state index is -3.58.